The van der Waals surface area contributed by atoms with Crippen LogP contribution in [0.25, 0.3) is 0 Å². The molecule has 3 amide bonds. The molecule has 1 aliphatic carbocycles. The Morgan fingerprint density at radius 1 is 1.00 bits per heavy atom. The molecule has 0 radical (unpaired) electrons. The van der Waals surface area contributed by atoms with E-state index in [1.165, 1.54) is 44.5 Å². The highest BCUT2D eigenvalue weighted by molar-refractivity contribution is 5.94. The van der Waals surface area contributed by atoms with Crippen LogP contribution in [0.5, 0.6) is 5.88 Å². The molecule has 1 saturated carbocycles. The lowest BCUT2D eigenvalue weighted by molar-refractivity contribution is 0.0671. The predicted molar refractivity (Wildman–Crippen MR) is 115 cm³/mol. The van der Waals surface area contributed by atoms with E-state index < -0.39 is 0 Å². The minimum absolute atomic E-state index is 0.0705. The molecular weight excluding hydrogens is 396 g/mol. The number of piperazine rings is 1. The van der Waals surface area contributed by atoms with Gasteiger partial charge in [0.2, 0.25) is 5.88 Å². The molecule has 2 aromatic rings. The topological polar surface area (TPSA) is 101 Å². The SMILES string of the molecule is O=C(Nc1cnccn1)N1CCN(C(=O)c2ccnc(OCC3CCCCC3)c2)CC1. The number of urea groups is 1. The van der Waals surface area contributed by atoms with E-state index in [1.54, 1.807) is 34.3 Å². The van der Waals surface area contributed by atoms with Crippen LogP contribution in [-0.4, -0.2) is 69.5 Å². The van der Waals surface area contributed by atoms with Crippen molar-refractivity contribution in [3.05, 3.63) is 42.5 Å². The molecule has 3 heterocycles. The van der Waals surface area contributed by atoms with E-state index >= 15 is 0 Å². The summed E-state index contributed by atoms with van der Waals surface area (Å²) in [5, 5.41) is 2.72. The minimum Gasteiger partial charge on any atom is -0.477 e. The Balaban J connectivity index is 1.27. The maximum atomic E-state index is 12.9. The Bertz CT molecular complexity index is 880. The van der Waals surface area contributed by atoms with Gasteiger partial charge in [0.15, 0.2) is 5.82 Å². The Labute approximate surface area is 181 Å². The summed E-state index contributed by atoms with van der Waals surface area (Å²) in [6.07, 6.45) is 12.4. The second-order valence-electron chi connectivity index (χ2n) is 8.00. The third-order valence-electron chi connectivity index (χ3n) is 5.83. The molecule has 31 heavy (non-hydrogen) atoms. The van der Waals surface area contributed by atoms with Gasteiger partial charge in [-0.3, -0.25) is 15.1 Å². The van der Waals surface area contributed by atoms with Gasteiger partial charge in [-0.1, -0.05) is 19.3 Å². The largest absolute Gasteiger partial charge is 0.477 e. The van der Waals surface area contributed by atoms with Crippen LogP contribution in [0.3, 0.4) is 0 Å². The van der Waals surface area contributed by atoms with E-state index in [0.29, 0.717) is 56.0 Å². The number of rotatable bonds is 5. The first-order valence-corrected chi connectivity index (χ1v) is 10.9. The van der Waals surface area contributed by atoms with Crippen LogP contribution in [0, 0.1) is 5.92 Å². The van der Waals surface area contributed by atoms with Crippen molar-refractivity contribution in [2.45, 2.75) is 32.1 Å². The number of nitrogens with zero attached hydrogens (tertiary/aromatic N) is 5. The number of anilines is 1. The summed E-state index contributed by atoms with van der Waals surface area (Å²) >= 11 is 0. The Morgan fingerprint density at radius 2 is 1.77 bits per heavy atom. The molecule has 0 spiro atoms. The highest BCUT2D eigenvalue weighted by atomic mass is 16.5. The molecule has 2 aromatic heterocycles. The second-order valence-corrected chi connectivity index (χ2v) is 8.00. The van der Waals surface area contributed by atoms with Crippen LogP contribution in [0.1, 0.15) is 42.5 Å². The van der Waals surface area contributed by atoms with Crippen molar-refractivity contribution in [2.75, 3.05) is 38.1 Å². The first-order valence-electron chi connectivity index (χ1n) is 10.9. The van der Waals surface area contributed by atoms with Gasteiger partial charge in [-0.15, -0.1) is 0 Å². The minimum atomic E-state index is -0.241. The van der Waals surface area contributed by atoms with Crippen molar-refractivity contribution in [2.24, 2.45) is 5.92 Å². The Morgan fingerprint density at radius 3 is 2.52 bits per heavy atom. The van der Waals surface area contributed by atoms with Gasteiger partial charge in [0.1, 0.15) is 0 Å². The fourth-order valence-electron chi connectivity index (χ4n) is 4.03. The van der Waals surface area contributed by atoms with Gasteiger partial charge >= 0.3 is 6.03 Å². The molecule has 0 unspecified atom stereocenters. The van der Waals surface area contributed by atoms with Crippen LogP contribution < -0.4 is 10.1 Å². The highest BCUT2D eigenvalue weighted by Gasteiger charge is 2.25. The fraction of sp³-hybridized carbons (Fsp3) is 0.500. The van der Waals surface area contributed by atoms with E-state index in [1.807, 2.05) is 0 Å². The summed E-state index contributed by atoms with van der Waals surface area (Å²) in [6, 6.07) is 3.19. The molecule has 0 aromatic carbocycles. The highest BCUT2D eigenvalue weighted by Crippen LogP contribution is 2.24. The summed E-state index contributed by atoms with van der Waals surface area (Å²) in [5.74, 6) is 1.41. The van der Waals surface area contributed by atoms with E-state index in [4.69, 9.17) is 4.74 Å². The molecule has 4 rings (SSSR count). The van der Waals surface area contributed by atoms with Crippen molar-refractivity contribution in [3.63, 3.8) is 0 Å². The van der Waals surface area contributed by atoms with Gasteiger partial charge in [-0.2, -0.15) is 0 Å². The predicted octanol–water partition coefficient (Wildman–Crippen LogP) is 2.82. The molecule has 1 aliphatic heterocycles. The van der Waals surface area contributed by atoms with Crippen molar-refractivity contribution < 1.29 is 14.3 Å². The summed E-state index contributed by atoms with van der Waals surface area (Å²) in [7, 11) is 0. The van der Waals surface area contributed by atoms with Gasteiger partial charge in [-0.25, -0.2) is 14.8 Å². The average molecular weight is 425 g/mol. The van der Waals surface area contributed by atoms with Crippen LogP contribution in [0.4, 0.5) is 10.6 Å². The Kier molecular flexibility index (Phi) is 6.91. The van der Waals surface area contributed by atoms with Gasteiger partial charge in [0, 0.05) is 56.4 Å². The van der Waals surface area contributed by atoms with Crippen LogP contribution >= 0.6 is 0 Å². The average Bonchev–Trinajstić information content (AvgIpc) is 2.84. The molecule has 9 heteroatoms. The lowest BCUT2D eigenvalue weighted by Gasteiger charge is -2.34. The lowest BCUT2D eigenvalue weighted by atomic mass is 9.90. The number of nitrogens with one attached hydrogen (secondary N) is 1. The van der Waals surface area contributed by atoms with Crippen molar-refractivity contribution in [1.82, 2.24) is 24.8 Å². The van der Waals surface area contributed by atoms with Crippen LogP contribution in [0.15, 0.2) is 36.9 Å². The maximum Gasteiger partial charge on any atom is 0.323 e. The van der Waals surface area contributed by atoms with E-state index in [-0.39, 0.29) is 11.9 Å². The first-order chi connectivity index (χ1) is 15.2. The normalized spacial score (nSPS) is 17.3. The van der Waals surface area contributed by atoms with Crippen LogP contribution in [0.2, 0.25) is 0 Å². The van der Waals surface area contributed by atoms with E-state index in [2.05, 4.69) is 20.3 Å². The summed E-state index contributed by atoms with van der Waals surface area (Å²) in [4.78, 5) is 41.0. The number of aromatic nitrogens is 3. The molecule has 0 atom stereocenters. The summed E-state index contributed by atoms with van der Waals surface area (Å²) in [6.45, 7) is 2.49. The second kappa shape index (κ2) is 10.2. The molecule has 2 aliphatic rings. The maximum absolute atomic E-state index is 12.9. The number of carbonyl (C=O) groups excluding carboxylic acids is 2. The molecule has 2 fully saturated rings. The quantitative estimate of drug-likeness (QED) is 0.792. The van der Waals surface area contributed by atoms with E-state index in [9.17, 15) is 9.59 Å². The molecule has 9 nitrogen and oxygen atoms in total. The van der Waals surface area contributed by atoms with Gasteiger partial charge in [-0.05, 0) is 24.8 Å². The van der Waals surface area contributed by atoms with Crippen LogP contribution in [-0.2, 0) is 0 Å². The standard InChI is InChI=1S/C22H28N6O3/c29-21(18-6-7-25-20(14-18)31-16-17-4-2-1-3-5-17)27-10-12-28(13-11-27)22(30)26-19-15-23-8-9-24-19/h6-9,14-15,17H,1-5,10-13,16H2,(H,24,26,30). The lowest BCUT2D eigenvalue weighted by Crippen LogP contribution is -2.51. The van der Waals surface area contributed by atoms with E-state index in [0.717, 1.165) is 0 Å². The molecule has 1 saturated heterocycles. The summed E-state index contributed by atoms with van der Waals surface area (Å²) in [5.41, 5.74) is 0.561. The third-order valence-corrected chi connectivity index (χ3v) is 5.83. The summed E-state index contributed by atoms with van der Waals surface area (Å²) < 4.78 is 5.87. The monoisotopic (exact) mass is 424 g/mol. The molecule has 0 bridgehead atoms. The Hall–Kier alpha value is -3.23. The molecular formula is C22H28N6O3. The number of carbonyl (C=O) groups is 2. The number of ether oxygens (including phenoxy) is 1. The number of hydrogen-bond donors (Lipinski definition) is 1. The van der Waals surface area contributed by atoms with Crippen molar-refractivity contribution >= 4 is 17.8 Å². The first kappa shape index (κ1) is 21.0. The van der Waals surface area contributed by atoms with Gasteiger partial charge in [0.25, 0.3) is 5.91 Å². The zero-order chi connectivity index (χ0) is 21.5. The molecule has 164 valence electrons. The van der Waals surface area contributed by atoms with Gasteiger partial charge < -0.3 is 14.5 Å². The number of hydrogen-bond acceptors (Lipinski definition) is 6. The zero-order valence-electron chi connectivity index (χ0n) is 17.6. The molecule has 1 N–H and O–H groups in total. The number of amides is 3. The third kappa shape index (κ3) is 5.68. The van der Waals surface area contributed by atoms with Crippen molar-refractivity contribution in [1.29, 1.82) is 0 Å². The number of pyridine rings is 1. The fourth-order valence-corrected chi connectivity index (χ4v) is 4.03. The van der Waals surface area contributed by atoms with Gasteiger partial charge in [0.05, 0.1) is 12.8 Å². The smallest absolute Gasteiger partial charge is 0.323 e. The zero-order valence-corrected chi connectivity index (χ0v) is 17.6. The van der Waals surface area contributed by atoms with Crippen molar-refractivity contribution in [3.8, 4) is 5.88 Å².